The van der Waals surface area contributed by atoms with Crippen molar-refractivity contribution in [3.8, 4) is 22.9 Å². The average Bonchev–Trinajstić information content (AvgIpc) is 3.49. The minimum atomic E-state index is -5.08. The number of carbonyl (C=O) groups is 3. The number of hydrogen-bond donors (Lipinski definition) is 5. The van der Waals surface area contributed by atoms with Gasteiger partial charge in [0.2, 0.25) is 0 Å². The van der Waals surface area contributed by atoms with E-state index in [2.05, 4.69) is 20.8 Å². The maximum absolute atomic E-state index is 12.1. The van der Waals surface area contributed by atoms with Crippen LogP contribution in [0.4, 0.5) is 37.8 Å². The number of anilines is 2. The lowest BCUT2D eigenvalue weighted by molar-refractivity contribution is -0.193. The van der Waals surface area contributed by atoms with Gasteiger partial charge in [-0.25, -0.2) is 19.6 Å². The lowest BCUT2D eigenvalue weighted by Gasteiger charge is -2.20. The molecule has 4 rings (SSSR count). The molecule has 0 atom stereocenters. The first-order chi connectivity index (χ1) is 22.6. The predicted octanol–water partition coefficient (Wildman–Crippen LogP) is 6.03. The largest absolute Gasteiger partial charge is 0.494 e. The van der Waals surface area contributed by atoms with E-state index in [0.717, 1.165) is 33.5 Å². The molecule has 0 aliphatic rings. The molecule has 5 N–H and O–H groups in total. The zero-order valence-electron chi connectivity index (χ0n) is 26.6. The summed E-state index contributed by atoms with van der Waals surface area (Å²) in [7, 11) is 0. The molecule has 2 heterocycles. The Balaban J connectivity index is 0.000000500. The number of carboxylic acid groups (broad SMARTS) is 2. The minimum Gasteiger partial charge on any atom is -0.494 e. The smallest absolute Gasteiger partial charge is 0.490 e. The number of H-pyrrole nitrogens is 1. The van der Waals surface area contributed by atoms with Crippen molar-refractivity contribution < 1.29 is 60.4 Å². The summed E-state index contributed by atoms with van der Waals surface area (Å²) in [4.78, 5) is 39.6. The van der Waals surface area contributed by atoms with Gasteiger partial charge < -0.3 is 30.3 Å². The number of aromatic nitrogens is 4. The van der Waals surface area contributed by atoms with E-state index in [-0.39, 0.29) is 18.1 Å². The monoisotopic (exact) mass is 702 g/mol. The topological polar surface area (TPSA) is 189 Å². The fourth-order valence-electron chi connectivity index (χ4n) is 3.58. The molecule has 0 unspecified atom stereocenters. The van der Waals surface area contributed by atoms with Crippen LogP contribution in [0.2, 0.25) is 0 Å². The number of hydrogen-bond acceptors (Lipinski definition) is 9. The normalized spacial score (nSPS) is 11.3. The van der Waals surface area contributed by atoms with Crippen molar-refractivity contribution in [3.05, 3.63) is 54.4 Å². The molecule has 0 aliphatic heterocycles. The molecule has 13 nitrogen and oxygen atoms in total. The van der Waals surface area contributed by atoms with Crippen LogP contribution >= 0.6 is 0 Å². The van der Waals surface area contributed by atoms with Gasteiger partial charge in [0, 0.05) is 22.7 Å². The number of ether oxygens (including phenoxy) is 2. The van der Waals surface area contributed by atoms with Crippen molar-refractivity contribution in [3.63, 3.8) is 0 Å². The average molecular weight is 703 g/mol. The molecule has 0 radical (unpaired) electrons. The Kier molecular flexibility index (Phi) is 13.3. The number of nitrogens with one attached hydrogen (secondary N) is 3. The van der Waals surface area contributed by atoms with Crippen LogP contribution in [-0.4, -0.2) is 79.3 Å². The molecule has 0 saturated heterocycles. The number of aromatic amines is 1. The van der Waals surface area contributed by atoms with E-state index < -0.39 is 24.3 Å². The van der Waals surface area contributed by atoms with Crippen molar-refractivity contribution in [2.75, 3.05) is 18.5 Å². The second-order valence-electron chi connectivity index (χ2n) is 10.8. The van der Waals surface area contributed by atoms with Crippen LogP contribution in [0.15, 0.2) is 48.8 Å². The zero-order chi connectivity index (χ0) is 37.2. The van der Waals surface area contributed by atoms with Gasteiger partial charge in [-0.1, -0.05) is 12.1 Å². The summed E-state index contributed by atoms with van der Waals surface area (Å²) >= 11 is 0. The highest BCUT2D eigenvalue weighted by molar-refractivity contribution is 5.94. The minimum absolute atomic E-state index is 0.0774. The summed E-state index contributed by atoms with van der Waals surface area (Å²) in [6.07, 6.45) is -6.73. The Morgan fingerprint density at radius 1 is 0.918 bits per heavy atom. The van der Waals surface area contributed by atoms with Gasteiger partial charge in [-0.2, -0.15) is 31.4 Å². The molecule has 0 saturated carbocycles. The van der Waals surface area contributed by atoms with Gasteiger partial charge in [-0.05, 0) is 64.4 Å². The first kappa shape index (κ1) is 39.6. The van der Waals surface area contributed by atoms with Gasteiger partial charge in [-0.15, -0.1) is 0 Å². The molecular weight excluding hydrogens is 670 g/mol. The Bertz CT molecular complexity index is 1720. The fourth-order valence-corrected chi connectivity index (χ4v) is 3.58. The predicted molar refractivity (Wildman–Crippen MR) is 164 cm³/mol. The molecule has 0 fully saturated rings. The fraction of sp³-hybridized carbons (Fsp3) is 0.333. The molecule has 1 amide bonds. The zero-order valence-corrected chi connectivity index (χ0v) is 26.6. The van der Waals surface area contributed by atoms with E-state index in [9.17, 15) is 31.1 Å². The third kappa shape index (κ3) is 13.2. The van der Waals surface area contributed by atoms with Crippen LogP contribution in [0, 0.1) is 6.92 Å². The summed E-state index contributed by atoms with van der Waals surface area (Å²) in [5.41, 5.74) is 2.98. The summed E-state index contributed by atoms with van der Waals surface area (Å²) in [5, 5.41) is 28.1. The van der Waals surface area contributed by atoms with Gasteiger partial charge >= 0.3 is 24.3 Å². The lowest BCUT2D eigenvalue weighted by Crippen LogP contribution is -2.43. The molecule has 19 heteroatoms. The molecule has 266 valence electrons. The number of amides is 1. The number of benzene rings is 2. The van der Waals surface area contributed by atoms with Crippen molar-refractivity contribution in [1.29, 1.82) is 0 Å². The van der Waals surface area contributed by atoms with Gasteiger partial charge in [0.15, 0.2) is 12.4 Å². The third-order valence-corrected chi connectivity index (χ3v) is 5.51. The number of carbonyl (C=O) groups excluding carboxylic acids is 1. The molecule has 0 aliphatic carbocycles. The summed E-state index contributed by atoms with van der Waals surface area (Å²) < 4.78 is 75.0. The number of halogens is 6. The van der Waals surface area contributed by atoms with E-state index in [0.29, 0.717) is 24.0 Å². The van der Waals surface area contributed by atoms with Crippen LogP contribution in [0.1, 0.15) is 33.3 Å². The molecule has 0 spiro atoms. The van der Waals surface area contributed by atoms with Crippen LogP contribution < -0.4 is 20.1 Å². The van der Waals surface area contributed by atoms with Crippen LogP contribution in [-0.2, 0) is 14.4 Å². The first-order valence-corrected chi connectivity index (χ1v) is 14.0. The SMILES string of the molecule is CCOc1cc2c(Nc3cn[nH]c3)nc(-c3cccc(OCC(=O)NC(C)(C)C)c3)nc2cc1C.O=C(O)C(F)(F)F.O=C(O)C(F)(F)F. The van der Waals surface area contributed by atoms with Gasteiger partial charge in [0.05, 0.1) is 24.0 Å². The van der Waals surface area contributed by atoms with Crippen molar-refractivity contribution in [2.24, 2.45) is 0 Å². The van der Waals surface area contributed by atoms with Crippen molar-refractivity contribution in [2.45, 2.75) is 52.5 Å². The number of carboxylic acids is 2. The summed E-state index contributed by atoms with van der Waals surface area (Å²) in [5.74, 6) is -3.20. The molecular formula is C30H32F6N6O7. The highest BCUT2D eigenvalue weighted by Crippen LogP contribution is 2.33. The van der Waals surface area contributed by atoms with Gasteiger partial charge in [0.1, 0.15) is 17.3 Å². The van der Waals surface area contributed by atoms with E-state index >= 15 is 0 Å². The maximum Gasteiger partial charge on any atom is 0.490 e. The number of fused-ring (bicyclic) bond motifs is 1. The van der Waals surface area contributed by atoms with Crippen molar-refractivity contribution >= 4 is 40.3 Å². The van der Waals surface area contributed by atoms with Crippen molar-refractivity contribution in [1.82, 2.24) is 25.5 Å². The maximum atomic E-state index is 12.1. The lowest BCUT2D eigenvalue weighted by atomic mass is 10.1. The quantitative estimate of drug-likeness (QED) is 0.135. The summed E-state index contributed by atoms with van der Waals surface area (Å²) in [6.45, 7) is 10.2. The van der Waals surface area contributed by atoms with E-state index in [1.807, 2.05) is 65.0 Å². The number of aryl methyl sites for hydroxylation is 1. The Morgan fingerprint density at radius 2 is 1.53 bits per heavy atom. The Labute approximate surface area is 274 Å². The summed E-state index contributed by atoms with van der Waals surface area (Å²) in [6, 6.07) is 11.3. The molecule has 0 bridgehead atoms. The van der Waals surface area contributed by atoms with Crippen LogP contribution in [0.25, 0.3) is 22.3 Å². The van der Waals surface area contributed by atoms with E-state index in [4.69, 9.17) is 39.2 Å². The Hall–Kier alpha value is -5.62. The van der Waals surface area contributed by atoms with Crippen LogP contribution in [0.5, 0.6) is 11.5 Å². The van der Waals surface area contributed by atoms with E-state index in [1.165, 1.54) is 0 Å². The number of aliphatic carboxylic acids is 2. The molecule has 2 aromatic carbocycles. The second kappa shape index (κ2) is 16.5. The Morgan fingerprint density at radius 3 is 2.04 bits per heavy atom. The third-order valence-electron chi connectivity index (χ3n) is 5.51. The highest BCUT2D eigenvalue weighted by Gasteiger charge is 2.38. The molecule has 4 aromatic rings. The number of alkyl halides is 6. The van der Waals surface area contributed by atoms with Crippen LogP contribution in [0.3, 0.4) is 0 Å². The number of nitrogens with zero attached hydrogens (tertiary/aromatic N) is 3. The molecule has 2 aromatic heterocycles. The van der Waals surface area contributed by atoms with E-state index in [1.54, 1.807) is 18.5 Å². The first-order valence-electron chi connectivity index (χ1n) is 14.0. The van der Waals surface area contributed by atoms with Gasteiger partial charge in [-0.3, -0.25) is 9.89 Å². The highest BCUT2D eigenvalue weighted by atomic mass is 19.4. The van der Waals surface area contributed by atoms with Gasteiger partial charge in [0.25, 0.3) is 5.91 Å². The standard InChI is InChI=1S/C26H30N6O3.2C2HF3O2/c1-6-34-22-12-20-21(10-16(22)2)30-24(31-25(20)29-18-13-27-28-14-18)17-8-7-9-19(11-17)35-15-23(33)32-26(3,4)5;2*3-2(4,5)1(6)7/h7-14H,6,15H2,1-5H3,(H,27,28)(H,32,33)(H,29,30,31);2*(H,6,7). The number of rotatable bonds is 8. The molecule has 49 heavy (non-hydrogen) atoms. The second-order valence-corrected chi connectivity index (χ2v) is 10.8.